The summed E-state index contributed by atoms with van der Waals surface area (Å²) in [7, 11) is 0. The van der Waals surface area contributed by atoms with E-state index in [1.807, 2.05) is 24.3 Å². The van der Waals surface area contributed by atoms with Gasteiger partial charge in [-0.25, -0.2) is 9.59 Å². The molecule has 0 saturated carbocycles. The number of unbranched alkanes of at least 4 members (excludes halogenated alkanes) is 3. The molecule has 0 fully saturated rings. The largest absolute Gasteiger partial charge is 0.494 e. The number of nitriles is 1. The fourth-order valence-electron chi connectivity index (χ4n) is 7.63. The van der Waals surface area contributed by atoms with E-state index in [1.165, 1.54) is 17.4 Å². The molecule has 2 heterocycles. The molecule has 0 spiro atoms. The number of hydrogen-bond acceptors (Lipinski definition) is 7. The molecule has 1 aliphatic rings. The summed E-state index contributed by atoms with van der Waals surface area (Å²) in [6.07, 6.45) is 9.62. The van der Waals surface area contributed by atoms with E-state index in [0.717, 1.165) is 93.4 Å². The summed E-state index contributed by atoms with van der Waals surface area (Å²) in [6, 6.07) is 54.7. The average molecular weight is 834 g/mol. The number of para-hydroxylation sites is 2. The average Bonchev–Trinajstić information content (AvgIpc) is 3.72. The molecule has 7 aromatic rings. The zero-order chi connectivity index (χ0) is 42.8. The van der Waals surface area contributed by atoms with Gasteiger partial charge in [0.25, 0.3) is 0 Å². The Kier molecular flexibility index (Phi) is 12.7. The van der Waals surface area contributed by atoms with Gasteiger partial charge < -0.3 is 24.7 Å². The van der Waals surface area contributed by atoms with E-state index < -0.39 is 11.9 Å². The number of aliphatic carboxylic acids is 1. The lowest BCUT2D eigenvalue weighted by atomic mass is 10.0. The quantitative estimate of drug-likeness (QED) is 0.0562. The smallest absolute Gasteiger partial charge is 0.346 e. The molecule has 0 radical (unpaired) electrons. The summed E-state index contributed by atoms with van der Waals surface area (Å²) in [4.78, 5) is 29.0. The number of benzene rings is 6. The van der Waals surface area contributed by atoms with E-state index >= 15 is 0 Å². The molecule has 6 aromatic carbocycles. The first-order chi connectivity index (χ1) is 30.3. The molecule has 1 aromatic heterocycles. The topological polar surface area (TPSA) is 114 Å². The van der Waals surface area contributed by atoms with Crippen LogP contribution in [0.15, 0.2) is 163 Å². The second kappa shape index (κ2) is 19.1. The van der Waals surface area contributed by atoms with E-state index in [1.54, 1.807) is 30.3 Å². The molecule has 0 bridgehead atoms. The first-order valence-electron chi connectivity index (χ1n) is 20.5. The van der Waals surface area contributed by atoms with Crippen molar-refractivity contribution in [3.63, 3.8) is 0 Å². The number of rotatable bonds is 16. The normalized spacial score (nSPS) is 11.9. The number of thiophene rings is 1. The first-order valence-corrected chi connectivity index (χ1v) is 21.3. The van der Waals surface area contributed by atoms with Gasteiger partial charge in [-0.1, -0.05) is 85.7 Å². The van der Waals surface area contributed by atoms with Crippen LogP contribution in [0, 0.1) is 11.3 Å². The fraction of sp³-hybridized carbons (Fsp3) is 0.113. The predicted octanol–water partition coefficient (Wildman–Crippen LogP) is 13.5. The van der Waals surface area contributed by atoms with Gasteiger partial charge in [0.2, 0.25) is 0 Å². The molecule has 0 saturated heterocycles. The summed E-state index contributed by atoms with van der Waals surface area (Å²) >= 11 is 1.45. The summed E-state index contributed by atoms with van der Waals surface area (Å²) in [5.41, 5.74) is 10.8. The van der Waals surface area contributed by atoms with Gasteiger partial charge in [-0.2, -0.15) is 5.26 Å². The van der Waals surface area contributed by atoms with Gasteiger partial charge in [0, 0.05) is 44.7 Å². The van der Waals surface area contributed by atoms with Crippen molar-refractivity contribution >= 4 is 69.9 Å². The molecule has 306 valence electrons. The Hall–Kier alpha value is -7.67. The van der Waals surface area contributed by atoms with Crippen molar-refractivity contribution < 1.29 is 24.5 Å². The van der Waals surface area contributed by atoms with Crippen LogP contribution in [0.5, 0.6) is 5.75 Å². The summed E-state index contributed by atoms with van der Waals surface area (Å²) in [6.45, 7) is 1.37. The monoisotopic (exact) mass is 833 g/mol. The molecular weight excluding hydrogens is 791 g/mol. The molecule has 0 aliphatic carbocycles. The SMILES string of the molecule is N#C/C(=C/c1ccc(-c2ccc3c(c2)C=Cc2cc(-c4ccc(N(c5ccccc5)c5ccccc5)cc4)ccc2N3CCCCCCOc2ccc(C(=O)O)cc2)s1)C(=O)O. The van der Waals surface area contributed by atoms with Gasteiger partial charge in [0.05, 0.1) is 12.2 Å². The molecule has 0 amide bonds. The molecule has 1 aliphatic heterocycles. The van der Waals surface area contributed by atoms with Gasteiger partial charge >= 0.3 is 11.9 Å². The van der Waals surface area contributed by atoms with Crippen LogP contribution in [-0.2, 0) is 4.79 Å². The van der Waals surface area contributed by atoms with Crippen molar-refractivity contribution in [2.45, 2.75) is 25.7 Å². The zero-order valence-electron chi connectivity index (χ0n) is 33.9. The minimum atomic E-state index is -1.24. The fourth-order valence-corrected chi connectivity index (χ4v) is 8.58. The van der Waals surface area contributed by atoms with Crippen molar-refractivity contribution in [2.75, 3.05) is 23.0 Å². The lowest BCUT2D eigenvalue weighted by Crippen LogP contribution is -2.20. The maximum atomic E-state index is 11.5. The Morgan fingerprint density at radius 2 is 1.23 bits per heavy atom. The number of carboxylic acids is 2. The van der Waals surface area contributed by atoms with Crippen LogP contribution in [0.1, 0.15) is 52.0 Å². The van der Waals surface area contributed by atoms with Crippen LogP contribution in [-0.4, -0.2) is 35.3 Å². The number of anilines is 5. The lowest BCUT2D eigenvalue weighted by molar-refractivity contribution is -0.132. The van der Waals surface area contributed by atoms with Crippen LogP contribution in [0.3, 0.4) is 0 Å². The zero-order valence-corrected chi connectivity index (χ0v) is 34.7. The van der Waals surface area contributed by atoms with Crippen molar-refractivity contribution in [3.05, 3.63) is 185 Å². The summed E-state index contributed by atoms with van der Waals surface area (Å²) < 4.78 is 5.88. The molecular formula is C53H43N3O5S. The van der Waals surface area contributed by atoms with Crippen molar-refractivity contribution in [3.8, 4) is 33.4 Å². The van der Waals surface area contributed by atoms with Crippen LogP contribution >= 0.6 is 11.3 Å². The van der Waals surface area contributed by atoms with Crippen molar-refractivity contribution in [1.82, 2.24) is 0 Å². The van der Waals surface area contributed by atoms with Gasteiger partial charge in [-0.15, -0.1) is 11.3 Å². The third-order valence-electron chi connectivity index (χ3n) is 10.8. The number of ether oxygens (including phenoxy) is 1. The number of aromatic carboxylic acids is 1. The molecule has 8 nitrogen and oxygen atoms in total. The maximum absolute atomic E-state index is 11.5. The lowest BCUT2D eigenvalue weighted by Gasteiger charge is -2.28. The molecule has 0 unspecified atom stereocenters. The highest BCUT2D eigenvalue weighted by atomic mass is 32.1. The third-order valence-corrected chi connectivity index (χ3v) is 11.8. The Labute approximate surface area is 365 Å². The minimum Gasteiger partial charge on any atom is -0.494 e. The van der Waals surface area contributed by atoms with Gasteiger partial charge in [0.1, 0.15) is 17.4 Å². The highest BCUT2D eigenvalue weighted by Crippen LogP contribution is 2.42. The van der Waals surface area contributed by atoms with E-state index in [4.69, 9.17) is 9.84 Å². The van der Waals surface area contributed by atoms with Crippen LogP contribution in [0.2, 0.25) is 0 Å². The molecule has 62 heavy (non-hydrogen) atoms. The second-order valence-corrected chi connectivity index (χ2v) is 16.0. The van der Waals surface area contributed by atoms with Crippen LogP contribution in [0.4, 0.5) is 28.4 Å². The highest BCUT2D eigenvalue weighted by Gasteiger charge is 2.20. The molecule has 9 heteroatoms. The Bertz CT molecular complexity index is 2750. The van der Waals surface area contributed by atoms with Crippen LogP contribution in [0.25, 0.3) is 39.8 Å². The van der Waals surface area contributed by atoms with Gasteiger partial charge in [0.15, 0.2) is 0 Å². The maximum Gasteiger partial charge on any atom is 0.346 e. The number of fused-ring (bicyclic) bond motifs is 2. The molecule has 8 rings (SSSR count). The Morgan fingerprint density at radius 3 is 1.84 bits per heavy atom. The predicted molar refractivity (Wildman–Crippen MR) is 251 cm³/mol. The van der Waals surface area contributed by atoms with E-state index in [9.17, 15) is 20.0 Å². The molecule has 2 N–H and O–H groups in total. The molecule has 0 atom stereocenters. The van der Waals surface area contributed by atoms with E-state index in [0.29, 0.717) is 17.2 Å². The highest BCUT2D eigenvalue weighted by molar-refractivity contribution is 7.16. The second-order valence-electron chi connectivity index (χ2n) is 14.9. The van der Waals surface area contributed by atoms with Gasteiger partial charge in [-0.05, 0) is 144 Å². The minimum absolute atomic E-state index is 0.238. The summed E-state index contributed by atoms with van der Waals surface area (Å²) in [5.74, 6) is -1.53. The van der Waals surface area contributed by atoms with E-state index in [2.05, 4.69) is 131 Å². The first kappa shape index (κ1) is 41.1. The Morgan fingerprint density at radius 1 is 0.645 bits per heavy atom. The van der Waals surface area contributed by atoms with Crippen molar-refractivity contribution in [1.29, 1.82) is 5.26 Å². The number of carboxylic acid groups (broad SMARTS) is 2. The number of hydrogen-bond donors (Lipinski definition) is 2. The standard InChI is InChI=1S/C53H43N3O5S/c54-36-43(53(59)60)35-48-27-30-51(62-48)42-22-29-50-41(34-42)16-15-40-33-39(37-17-23-46(24-18-37)56(44-11-5-3-6-12-44)45-13-7-4-8-14-45)21-28-49(40)55(50)31-9-1-2-10-32-61-47-25-19-38(20-26-47)52(57)58/h3-8,11-30,33-35H,1-2,9-10,31-32H2,(H,57,58)(H,59,60)/b43-35-. The van der Waals surface area contributed by atoms with E-state index in [-0.39, 0.29) is 11.1 Å². The van der Waals surface area contributed by atoms with Crippen molar-refractivity contribution in [2.24, 2.45) is 0 Å². The number of carbonyl (C=O) groups is 2. The van der Waals surface area contributed by atoms with Gasteiger partial charge in [-0.3, -0.25) is 0 Å². The third kappa shape index (κ3) is 9.52. The summed E-state index contributed by atoms with van der Waals surface area (Å²) in [5, 5.41) is 27.8. The Balaban J connectivity index is 1.04. The number of nitrogens with zero attached hydrogens (tertiary/aromatic N) is 3. The van der Waals surface area contributed by atoms with Crippen LogP contribution < -0.4 is 14.5 Å².